The Morgan fingerprint density at radius 3 is 2.71 bits per heavy atom. The van der Waals surface area contributed by atoms with Gasteiger partial charge in [0.05, 0.1) is 17.6 Å². The number of rotatable bonds is 2. The number of carboxylic acid groups (broad SMARTS) is 1. The van der Waals surface area contributed by atoms with Gasteiger partial charge in [0.25, 0.3) is 0 Å². The lowest BCUT2D eigenvalue weighted by Crippen LogP contribution is -2.54. The van der Waals surface area contributed by atoms with Crippen LogP contribution in [0, 0.1) is 28.1 Å². The summed E-state index contributed by atoms with van der Waals surface area (Å²) in [5, 5.41) is 30.6. The first kappa shape index (κ1) is 16.6. The molecule has 1 spiro atoms. The summed E-state index contributed by atoms with van der Waals surface area (Å²) in [4.78, 5) is 12.0. The van der Waals surface area contributed by atoms with Crippen molar-refractivity contribution in [3.8, 4) is 0 Å². The van der Waals surface area contributed by atoms with Crippen molar-refractivity contribution in [2.45, 2.75) is 70.8 Å². The number of carboxylic acids is 1. The van der Waals surface area contributed by atoms with Crippen LogP contribution in [-0.2, 0) is 4.79 Å². The summed E-state index contributed by atoms with van der Waals surface area (Å²) in [7, 11) is 0. The van der Waals surface area contributed by atoms with Crippen molar-refractivity contribution >= 4 is 5.97 Å². The van der Waals surface area contributed by atoms with Crippen molar-refractivity contribution in [1.82, 2.24) is 0 Å². The Morgan fingerprint density at radius 2 is 2.04 bits per heavy atom. The summed E-state index contributed by atoms with van der Waals surface area (Å²) >= 11 is 0. The molecule has 4 rings (SSSR count). The molecule has 3 N–H and O–H groups in total. The summed E-state index contributed by atoms with van der Waals surface area (Å²) in [5.41, 5.74) is -0.263. The van der Waals surface area contributed by atoms with E-state index in [1.54, 1.807) is 0 Å². The van der Waals surface area contributed by atoms with E-state index in [1.165, 1.54) is 5.57 Å². The van der Waals surface area contributed by atoms with E-state index in [0.717, 1.165) is 44.9 Å². The van der Waals surface area contributed by atoms with Crippen LogP contribution in [0.2, 0.25) is 0 Å². The van der Waals surface area contributed by atoms with Crippen LogP contribution in [0.5, 0.6) is 0 Å². The Balaban J connectivity index is 1.77. The quantitative estimate of drug-likeness (QED) is 0.678. The SMILES string of the molecule is C[C@]1(C(=O)O)CCC[C@]2(C)C3=CC[C@@H]4C[C@]3(CC[C@@H]12)CC4(O)CO. The lowest BCUT2D eigenvalue weighted by molar-refractivity contribution is -0.161. The Hall–Kier alpha value is -0.870. The van der Waals surface area contributed by atoms with E-state index in [2.05, 4.69) is 13.0 Å². The molecule has 0 aromatic heterocycles. The highest BCUT2D eigenvalue weighted by atomic mass is 16.4. The number of carbonyl (C=O) groups is 1. The Bertz CT molecular complexity index is 613. The molecular weight excluding hydrogens is 304 g/mol. The molecule has 134 valence electrons. The molecule has 4 heteroatoms. The van der Waals surface area contributed by atoms with E-state index < -0.39 is 17.0 Å². The van der Waals surface area contributed by atoms with Crippen molar-refractivity contribution in [2.24, 2.45) is 28.1 Å². The molecule has 0 heterocycles. The fourth-order valence-corrected chi connectivity index (χ4v) is 7.31. The highest BCUT2D eigenvalue weighted by molar-refractivity contribution is 5.75. The van der Waals surface area contributed by atoms with Crippen LogP contribution in [0.1, 0.15) is 65.2 Å². The Labute approximate surface area is 144 Å². The van der Waals surface area contributed by atoms with Crippen LogP contribution in [0.3, 0.4) is 0 Å². The lowest BCUT2D eigenvalue weighted by Gasteiger charge is -2.60. The monoisotopic (exact) mass is 334 g/mol. The van der Waals surface area contributed by atoms with E-state index in [-0.39, 0.29) is 29.3 Å². The van der Waals surface area contributed by atoms with E-state index >= 15 is 0 Å². The molecule has 0 aromatic rings. The average Bonchev–Trinajstić information content (AvgIpc) is 2.73. The molecule has 0 amide bonds. The maximum absolute atomic E-state index is 12.0. The zero-order valence-electron chi connectivity index (χ0n) is 14.8. The van der Waals surface area contributed by atoms with Crippen molar-refractivity contribution < 1.29 is 20.1 Å². The third-order valence-electron chi connectivity index (χ3n) is 8.44. The maximum Gasteiger partial charge on any atom is 0.309 e. The number of aliphatic hydroxyl groups is 2. The minimum absolute atomic E-state index is 0.0115. The molecule has 24 heavy (non-hydrogen) atoms. The zero-order valence-corrected chi connectivity index (χ0v) is 14.8. The van der Waals surface area contributed by atoms with E-state index in [4.69, 9.17) is 0 Å². The minimum Gasteiger partial charge on any atom is -0.481 e. The fourth-order valence-electron chi connectivity index (χ4n) is 7.31. The first-order chi connectivity index (χ1) is 11.2. The van der Waals surface area contributed by atoms with Gasteiger partial charge in [0, 0.05) is 0 Å². The minimum atomic E-state index is -0.952. The van der Waals surface area contributed by atoms with E-state index in [1.807, 2.05) is 6.92 Å². The predicted molar refractivity (Wildman–Crippen MR) is 90.3 cm³/mol. The molecule has 0 saturated heterocycles. The number of hydrogen-bond donors (Lipinski definition) is 3. The van der Waals surface area contributed by atoms with Gasteiger partial charge in [-0.25, -0.2) is 0 Å². The van der Waals surface area contributed by atoms with Gasteiger partial charge in [-0.1, -0.05) is 25.0 Å². The highest BCUT2D eigenvalue weighted by Gasteiger charge is 2.65. The smallest absolute Gasteiger partial charge is 0.309 e. The van der Waals surface area contributed by atoms with Crippen LogP contribution in [0.15, 0.2) is 11.6 Å². The first-order valence-corrected chi connectivity index (χ1v) is 9.48. The van der Waals surface area contributed by atoms with Crippen LogP contribution in [0.4, 0.5) is 0 Å². The third kappa shape index (κ3) is 1.84. The van der Waals surface area contributed by atoms with E-state index in [9.17, 15) is 20.1 Å². The van der Waals surface area contributed by atoms with Crippen LogP contribution in [0.25, 0.3) is 0 Å². The van der Waals surface area contributed by atoms with Gasteiger partial charge in [-0.2, -0.15) is 0 Å². The van der Waals surface area contributed by atoms with Gasteiger partial charge in [-0.3, -0.25) is 4.79 Å². The van der Waals surface area contributed by atoms with Gasteiger partial charge >= 0.3 is 5.97 Å². The van der Waals surface area contributed by atoms with Gasteiger partial charge in [-0.05, 0) is 74.5 Å². The van der Waals surface area contributed by atoms with Gasteiger partial charge in [-0.15, -0.1) is 0 Å². The third-order valence-corrected chi connectivity index (χ3v) is 8.44. The maximum atomic E-state index is 12.0. The molecule has 6 atom stereocenters. The van der Waals surface area contributed by atoms with E-state index in [0.29, 0.717) is 6.42 Å². The summed E-state index contributed by atoms with van der Waals surface area (Å²) < 4.78 is 0. The first-order valence-electron chi connectivity index (χ1n) is 9.48. The molecule has 2 bridgehead atoms. The Kier molecular flexibility index (Phi) is 3.35. The molecule has 0 aromatic carbocycles. The number of fused-ring (bicyclic) bond motifs is 3. The highest BCUT2D eigenvalue weighted by Crippen LogP contribution is 2.71. The van der Waals surface area contributed by atoms with Crippen LogP contribution >= 0.6 is 0 Å². The van der Waals surface area contributed by atoms with Gasteiger partial charge < -0.3 is 15.3 Å². The van der Waals surface area contributed by atoms with Crippen molar-refractivity contribution in [2.75, 3.05) is 6.61 Å². The topological polar surface area (TPSA) is 77.8 Å². The molecule has 4 aliphatic carbocycles. The molecule has 4 aliphatic rings. The molecule has 0 aliphatic heterocycles. The van der Waals surface area contributed by atoms with Crippen LogP contribution < -0.4 is 0 Å². The molecule has 1 unspecified atom stereocenters. The zero-order chi connectivity index (χ0) is 17.4. The largest absolute Gasteiger partial charge is 0.481 e. The number of aliphatic hydroxyl groups excluding tert-OH is 1. The summed E-state index contributed by atoms with van der Waals surface area (Å²) in [6.45, 7) is 4.06. The average molecular weight is 334 g/mol. The molecular formula is C20H30O4. The predicted octanol–water partition coefficient (Wildman–Crippen LogP) is 3.13. The lowest BCUT2D eigenvalue weighted by atomic mass is 9.44. The fraction of sp³-hybridized carbons (Fsp3) is 0.850. The number of allylic oxidation sites excluding steroid dienone is 2. The second kappa shape index (κ2) is 4.85. The standard InChI is InChI=1S/C20H30O4/c1-17-7-3-8-18(2,16(22)23)14(17)6-9-19-10-13(4-5-15(17)19)20(24,11-19)12-21/h5,13-14,21,24H,3-4,6-12H2,1-2H3,(H,22,23)/t13-,14-,17+,18+,19-,20?/m1/s1. The summed E-state index contributed by atoms with van der Waals surface area (Å²) in [5.74, 6) is -0.324. The number of aliphatic carboxylic acids is 1. The van der Waals surface area contributed by atoms with Crippen molar-refractivity contribution in [1.29, 1.82) is 0 Å². The molecule has 0 radical (unpaired) electrons. The van der Waals surface area contributed by atoms with Crippen molar-refractivity contribution in [3.63, 3.8) is 0 Å². The second-order valence-electron chi connectivity index (χ2n) is 9.56. The van der Waals surface area contributed by atoms with Gasteiger partial charge in [0.1, 0.15) is 0 Å². The molecule has 3 saturated carbocycles. The summed E-state index contributed by atoms with van der Waals surface area (Å²) in [6.07, 6.45) is 9.41. The molecule has 4 nitrogen and oxygen atoms in total. The van der Waals surface area contributed by atoms with Crippen LogP contribution in [-0.4, -0.2) is 33.5 Å². The van der Waals surface area contributed by atoms with Crippen molar-refractivity contribution in [3.05, 3.63) is 11.6 Å². The normalized spacial score (nSPS) is 53.1. The molecule has 3 fully saturated rings. The number of hydrogen-bond acceptors (Lipinski definition) is 3. The Morgan fingerprint density at radius 1 is 1.29 bits per heavy atom. The second-order valence-corrected chi connectivity index (χ2v) is 9.56. The summed E-state index contributed by atoms with van der Waals surface area (Å²) in [6, 6.07) is 0. The van der Waals surface area contributed by atoms with Gasteiger partial charge in [0.15, 0.2) is 0 Å². The van der Waals surface area contributed by atoms with Gasteiger partial charge in [0.2, 0.25) is 0 Å².